The number of ketones is 2. The molecule has 0 amide bonds. The number of ether oxygens (including phenoxy) is 2. The quantitative estimate of drug-likeness (QED) is 0.629. The van der Waals surface area contributed by atoms with E-state index in [1.54, 1.807) is 24.3 Å². The summed E-state index contributed by atoms with van der Waals surface area (Å²) in [5, 5.41) is 23.3. The van der Waals surface area contributed by atoms with E-state index in [0.717, 1.165) is 31.4 Å². The smallest absolute Gasteiger partial charge is 0.202 e. The van der Waals surface area contributed by atoms with E-state index < -0.39 is 17.1 Å². The third-order valence-corrected chi connectivity index (χ3v) is 10.0. The number of Topliss-reactive ketones (excluding diaryl/α,β-unsaturated/α-hetero) is 1. The van der Waals surface area contributed by atoms with Crippen LogP contribution in [-0.2, 0) is 9.59 Å². The molecule has 0 bridgehead atoms. The first-order valence-electron chi connectivity index (χ1n) is 13.2. The zero-order chi connectivity index (χ0) is 25.0. The maximum absolute atomic E-state index is 13.4. The summed E-state index contributed by atoms with van der Waals surface area (Å²) in [5.41, 5.74) is -1.21. The van der Waals surface area contributed by atoms with Crippen LogP contribution in [0.4, 0.5) is 0 Å². The van der Waals surface area contributed by atoms with Crippen LogP contribution in [0.5, 0.6) is 11.5 Å². The van der Waals surface area contributed by atoms with Gasteiger partial charge in [-0.1, -0.05) is 19.4 Å². The van der Waals surface area contributed by atoms with Gasteiger partial charge in [0.1, 0.15) is 23.7 Å². The maximum Gasteiger partial charge on any atom is 0.202 e. The van der Waals surface area contributed by atoms with Crippen molar-refractivity contribution in [1.29, 1.82) is 0 Å². The molecule has 2 N–H and O–H groups in total. The number of aliphatic hydroxyl groups excluding tert-OH is 1. The third-order valence-electron chi connectivity index (χ3n) is 10.0. The topological polar surface area (TPSA) is 93.1 Å². The first-order valence-corrected chi connectivity index (χ1v) is 13.2. The molecule has 190 valence electrons. The second-order valence-electron chi connectivity index (χ2n) is 11.6. The predicted octanol–water partition coefficient (Wildman–Crippen LogP) is 4.27. The van der Waals surface area contributed by atoms with Gasteiger partial charge < -0.3 is 19.7 Å². The molecular formula is C29H38O6. The number of hydrogen-bond donors (Lipinski definition) is 2. The summed E-state index contributed by atoms with van der Waals surface area (Å²) in [5.74, 6) is 1.63. The molecule has 1 aromatic rings. The molecule has 7 atom stereocenters. The van der Waals surface area contributed by atoms with Crippen molar-refractivity contribution in [3.8, 4) is 11.5 Å². The molecule has 6 nitrogen and oxygen atoms in total. The Morgan fingerprint density at radius 1 is 1.06 bits per heavy atom. The molecule has 3 saturated carbocycles. The molecule has 6 heteroatoms. The Bertz CT molecular complexity index is 1030. The summed E-state index contributed by atoms with van der Waals surface area (Å²) in [6.45, 7) is 6.50. The van der Waals surface area contributed by atoms with Crippen molar-refractivity contribution in [3.05, 3.63) is 35.9 Å². The monoisotopic (exact) mass is 482 g/mol. The van der Waals surface area contributed by atoms with Crippen molar-refractivity contribution in [3.63, 3.8) is 0 Å². The van der Waals surface area contributed by atoms with Crippen LogP contribution in [0.15, 0.2) is 35.9 Å². The molecule has 0 heterocycles. The molecule has 4 aliphatic carbocycles. The van der Waals surface area contributed by atoms with Crippen LogP contribution in [0.2, 0.25) is 0 Å². The fourth-order valence-corrected chi connectivity index (χ4v) is 8.22. The van der Waals surface area contributed by atoms with E-state index in [4.69, 9.17) is 9.47 Å². The Balaban J connectivity index is 1.34. The van der Waals surface area contributed by atoms with Gasteiger partial charge in [-0.05, 0) is 99.0 Å². The van der Waals surface area contributed by atoms with Crippen LogP contribution in [0.25, 0.3) is 0 Å². The van der Waals surface area contributed by atoms with E-state index in [2.05, 4.69) is 6.92 Å². The predicted molar refractivity (Wildman–Crippen MR) is 131 cm³/mol. The summed E-state index contributed by atoms with van der Waals surface area (Å²) >= 11 is 0. The molecule has 0 radical (unpaired) electrons. The van der Waals surface area contributed by atoms with Crippen molar-refractivity contribution >= 4 is 11.6 Å². The van der Waals surface area contributed by atoms with E-state index in [9.17, 15) is 19.8 Å². The summed E-state index contributed by atoms with van der Waals surface area (Å²) in [6.07, 6.45) is 5.82. The number of benzene rings is 1. The number of carbonyl (C=O) groups excluding carboxylic acids is 2. The molecule has 0 saturated heterocycles. The lowest BCUT2D eigenvalue weighted by atomic mass is 9.45. The van der Waals surface area contributed by atoms with Gasteiger partial charge >= 0.3 is 0 Å². The van der Waals surface area contributed by atoms with Gasteiger partial charge in [-0.3, -0.25) is 9.59 Å². The minimum atomic E-state index is -1.52. The standard InChI is InChI=1S/C29H38O6/c1-4-34-20-6-8-21(9-7-20)35-17-25(32)29(33)14-12-23-22-10-5-18-15-19(30)11-13-27(18,2)26(22)24(31)16-28(23,29)3/h6-9,15,22-24,26,31,33H,4-5,10-14,16-17H2,1-3H3/t22?,23?,24?,26?,27?,28?,29-/m0/s1. The van der Waals surface area contributed by atoms with E-state index in [1.807, 2.05) is 19.9 Å². The van der Waals surface area contributed by atoms with Crippen molar-refractivity contribution in [2.45, 2.75) is 77.4 Å². The Kier molecular flexibility index (Phi) is 6.12. The van der Waals surface area contributed by atoms with Gasteiger partial charge in [0.05, 0.1) is 12.7 Å². The van der Waals surface area contributed by atoms with Gasteiger partial charge in [0.15, 0.2) is 5.78 Å². The fourth-order valence-electron chi connectivity index (χ4n) is 8.22. The summed E-state index contributed by atoms with van der Waals surface area (Å²) in [7, 11) is 0. The first-order chi connectivity index (χ1) is 16.6. The second-order valence-corrected chi connectivity index (χ2v) is 11.6. The summed E-state index contributed by atoms with van der Waals surface area (Å²) in [4.78, 5) is 25.5. The normalized spacial score (nSPS) is 40.3. The largest absolute Gasteiger partial charge is 0.494 e. The molecule has 0 spiro atoms. The molecule has 3 fully saturated rings. The number of allylic oxidation sites excluding steroid dienone is 1. The highest BCUT2D eigenvalue weighted by atomic mass is 16.5. The average Bonchev–Trinajstić information content (AvgIpc) is 3.10. The van der Waals surface area contributed by atoms with Crippen LogP contribution in [0.3, 0.4) is 0 Å². The van der Waals surface area contributed by atoms with Crippen LogP contribution < -0.4 is 9.47 Å². The van der Waals surface area contributed by atoms with E-state index in [-0.39, 0.29) is 41.3 Å². The van der Waals surface area contributed by atoms with Gasteiger partial charge in [-0.2, -0.15) is 0 Å². The Morgan fingerprint density at radius 3 is 2.43 bits per heavy atom. The lowest BCUT2D eigenvalue weighted by molar-refractivity contribution is -0.181. The molecular weight excluding hydrogens is 444 g/mol. The average molecular weight is 483 g/mol. The van der Waals surface area contributed by atoms with Gasteiger partial charge in [0.25, 0.3) is 0 Å². The van der Waals surface area contributed by atoms with E-state index in [0.29, 0.717) is 31.6 Å². The van der Waals surface area contributed by atoms with Crippen molar-refractivity contribution < 1.29 is 29.3 Å². The number of fused-ring (bicyclic) bond motifs is 5. The van der Waals surface area contributed by atoms with E-state index >= 15 is 0 Å². The van der Waals surface area contributed by atoms with Crippen molar-refractivity contribution in [2.24, 2.45) is 28.6 Å². The second kappa shape index (κ2) is 8.74. The number of rotatable bonds is 6. The van der Waals surface area contributed by atoms with Crippen molar-refractivity contribution in [1.82, 2.24) is 0 Å². The highest BCUT2D eigenvalue weighted by Gasteiger charge is 2.68. The van der Waals surface area contributed by atoms with Crippen LogP contribution in [-0.4, -0.2) is 46.7 Å². The van der Waals surface area contributed by atoms with Gasteiger partial charge in [-0.25, -0.2) is 0 Å². The SMILES string of the molecule is CCOc1ccc(OCC(=O)[C@@]2(O)CCC3C4CCC5=CC(=O)CCC5(C)C4C(O)CC32C)cc1. The van der Waals surface area contributed by atoms with Crippen LogP contribution in [0, 0.1) is 28.6 Å². The fraction of sp³-hybridized carbons (Fsp3) is 0.655. The van der Waals surface area contributed by atoms with Gasteiger partial charge in [0.2, 0.25) is 5.78 Å². The lowest BCUT2D eigenvalue weighted by Gasteiger charge is -2.60. The lowest BCUT2D eigenvalue weighted by Crippen LogP contribution is -2.62. The zero-order valence-electron chi connectivity index (χ0n) is 21.1. The minimum absolute atomic E-state index is 0.0613. The van der Waals surface area contributed by atoms with Crippen LogP contribution >= 0.6 is 0 Å². The highest BCUT2D eigenvalue weighted by Crippen LogP contribution is 2.67. The Labute approximate surface area is 207 Å². The Hall–Kier alpha value is -2.18. The summed E-state index contributed by atoms with van der Waals surface area (Å²) in [6, 6.07) is 7.12. The molecule has 4 aliphatic rings. The molecule has 0 aliphatic heterocycles. The molecule has 1 aromatic carbocycles. The van der Waals surface area contributed by atoms with E-state index in [1.165, 1.54) is 5.57 Å². The minimum Gasteiger partial charge on any atom is -0.494 e. The number of carbonyl (C=O) groups is 2. The molecule has 35 heavy (non-hydrogen) atoms. The molecule has 5 rings (SSSR count). The maximum atomic E-state index is 13.4. The van der Waals surface area contributed by atoms with Crippen LogP contribution in [0.1, 0.15) is 65.7 Å². The third kappa shape index (κ3) is 3.75. The van der Waals surface area contributed by atoms with Gasteiger partial charge in [-0.15, -0.1) is 0 Å². The zero-order valence-corrected chi connectivity index (χ0v) is 21.1. The van der Waals surface area contributed by atoms with Gasteiger partial charge in [0, 0.05) is 11.8 Å². The molecule has 0 aromatic heterocycles. The number of hydrogen-bond acceptors (Lipinski definition) is 6. The number of aliphatic hydroxyl groups is 2. The first kappa shape index (κ1) is 24.5. The van der Waals surface area contributed by atoms with Crippen molar-refractivity contribution in [2.75, 3.05) is 13.2 Å². The highest BCUT2D eigenvalue weighted by molar-refractivity contribution is 5.92. The molecule has 6 unspecified atom stereocenters. The summed E-state index contributed by atoms with van der Waals surface area (Å²) < 4.78 is 11.2. The Morgan fingerprint density at radius 2 is 1.74 bits per heavy atom.